The number of carbonyl (C=O) groups excluding carboxylic acids is 1. The fourth-order valence-corrected chi connectivity index (χ4v) is 2.32. The highest BCUT2D eigenvalue weighted by Crippen LogP contribution is 2.16. The molecule has 0 aliphatic heterocycles. The molecule has 0 aromatic heterocycles. The van der Waals surface area contributed by atoms with E-state index in [0.29, 0.717) is 0 Å². The van der Waals surface area contributed by atoms with Crippen LogP contribution in [0, 0.1) is 6.92 Å². The summed E-state index contributed by atoms with van der Waals surface area (Å²) < 4.78 is 0.937. The highest BCUT2D eigenvalue weighted by atomic mass is 79.9. The summed E-state index contributed by atoms with van der Waals surface area (Å²) >= 11 is 3.46. The van der Waals surface area contributed by atoms with Crippen molar-refractivity contribution in [3.05, 3.63) is 64.1 Å². The van der Waals surface area contributed by atoms with E-state index in [1.54, 1.807) is 0 Å². The van der Waals surface area contributed by atoms with Crippen LogP contribution >= 0.6 is 15.9 Å². The fraction of sp³-hybridized carbons (Fsp3) is 0.125. The molecule has 5 heteroatoms. The number of anilines is 1. The fourth-order valence-electron chi connectivity index (χ4n) is 1.75. The van der Waals surface area contributed by atoms with Crippen molar-refractivity contribution in [2.24, 2.45) is 5.10 Å². The minimum atomic E-state index is -0.370. The summed E-state index contributed by atoms with van der Waals surface area (Å²) in [5.74, 6) is 0. The van der Waals surface area contributed by atoms with E-state index >= 15 is 0 Å². The minimum absolute atomic E-state index is 0.370. The maximum absolute atomic E-state index is 11.8. The molecule has 0 heterocycles. The van der Waals surface area contributed by atoms with Crippen LogP contribution in [-0.4, -0.2) is 11.7 Å². The number of aryl methyl sites for hydroxylation is 1. The van der Waals surface area contributed by atoms with Crippen LogP contribution in [0.2, 0.25) is 0 Å². The van der Waals surface area contributed by atoms with E-state index < -0.39 is 0 Å². The second-order valence-electron chi connectivity index (χ2n) is 4.61. The molecule has 0 unspecified atom stereocenters. The molecule has 0 aliphatic rings. The second-order valence-corrected chi connectivity index (χ2v) is 5.46. The van der Waals surface area contributed by atoms with Crippen LogP contribution in [0.15, 0.2) is 58.1 Å². The van der Waals surface area contributed by atoms with Gasteiger partial charge >= 0.3 is 6.03 Å². The predicted molar refractivity (Wildman–Crippen MR) is 89.7 cm³/mol. The number of urea groups is 1. The van der Waals surface area contributed by atoms with E-state index in [1.165, 1.54) is 0 Å². The zero-order valence-corrected chi connectivity index (χ0v) is 13.4. The van der Waals surface area contributed by atoms with Gasteiger partial charge in [0.1, 0.15) is 0 Å². The Bertz CT molecular complexity index is 665. The lowest BCUT2D eigenvalue weighted by molar-refractivity contribution is 0.252. The van der Waals surface area contributed by atoms with Crippen LogP contribution in [0.25, 0.3) is 0 Å². The Balaban J connectivity index is 1.98. The topological polar surface area (TPSA) is 53.5 Å². The van der Waals surface area contributed by atoms with Crippen molar-refractivity contribution >= 4 is 33.4 Å². The van der Waals surface area contributed by atoms with Crippen LogP contribution in [0.4, 0.5) is 10.5 Å². The van der Waals surface area contributed by atoms with Gasteiger partial charge in [0.05, 0.1) is 5.71 Å². The summed E-state index contributed by atoms with van der Waals surface area (Å²) in [7, 11) is 0. The van der Waals surface area contributed by atoms with Crippen molar-refractivity contribution in [3.8, 4) is 0 Å². The molecule has 0 saturated heterocycles. The lowest BCUT2D eigenvalue weighted by Gasteiger charge is -2.06. The molecule has 2 amide bonds. The van der Waals surface area contributed by atoms with Gasteiger partial charge in [0.2, 0.25) is 0 Å². The molecule has 0 spiro atoms. The number of hydrogen-bond acceptors (Lipinski definition) is 2. The van der Waals surface area contributed by atoms with Gasteiger partial charge in [0, 0.05) is 15.7 Å². The van der Waals surface area contributed by atoms with Crippen molar-refractivity contribution in [3.63, 3.8) is 0 Å². The molecule has 108 valence electrons. The number of rotatable bonds is 3. The van der Waals surface area contributed by atoms with Crippen LogP contribution in [-0.2, 0) is 0 Å². The first-order chi connectivity index (χ1) is 10.1. The van der Waals surface area contributed by atoms with Gasteiger partial charge in [-0.1, -0.05) is 51.8 Å². The molecular weight excluding hydrogens is 330 g/mol. The quantitative estimate of drug-likeness (QED) is 0.632. The number of nitrogens with zero attached hydrogens (tertiary/aromatic N) is 1. The standard InChI is InChI=1S/C16H16BrN3O/c1-11-7-9-13(10-8-11)18-16(21)20-19-12(2)14-5-3-4-6-15(14)17/h3-10H,1-2H3,(H2,18,20,21)/b19-12+. The highest BCUT2D eigenvalue weighted by molar-refractivity contribution is 9.10. The molecule has 2 aromatic carbocycles. The molecular formula is C16H16BrN3O. The van der Waals surface area contributed by atoms with E-state index in [9.17, 15) is 4.79 Å². The van der Waals surface area contributed by atoms with Crippen molar-refractivity contribution in [2.45, 2.75) is 13.8 Å². The number of hydrazone groups is 1. The van der Waals surface area contributed by atoms with E-state index in [4.69, 9.17) is 0 Å². The lowest BCUT2D eigenvalue weighted by Crippen LogP contribution is -2.25. The van der Waals surface area contributed by atoms with Gasteiger partial charge in [-0.15, -0.1) is 0 Å². The molecule has 0 radical (unpaired) electrons. The Labute approximate surface area is 132 Å². The average Bonchev–Trinajstić information content (AvgIpc) is 2.48. The predicted octanol–water partition coefficient (Wildman–Crippen LogP) is 4.30. The van der Waals surface area contributed by atoms with Crippen molar-refractivity contribution < 1.29 is 4.79 Å². The van der Waals surface area contributed by atoms with Crippen LogP contribution in [0.5, 0.6) is 0 Å². The molecule has 2 aromatic rings. The zero-order valence-electron chi connectivity index (χ0n) is 11.9. The lowest BCUT2D eigenvalue weighted by atomic mass is 10.1. The number of halogens is 1. The summed E-state index contributed by atoms with van der Waals surface area (Å²) in [6, 6.07) is 14.9. The van der Waals surface area contributed by atoms with Gasteiger partial charge in [-0.05, 0) is 32.0 Å². The van der Waals surface area contributed by atoms with Crippen molar-refractivity contribution in [2.75, 3.05) is 5.32 Å². The average molecular weight is 346 g/mol. The van der Waals surface area contributed by atoms with E-state index in [0.717, 1.165) is 27.0 Å². The van der Waals surface area contributed by atoms with E-state index in [-0.39, 0.29) is 6.03 Å². The van der Waals surface area contributed by atoms with Gasteiger partial charge < -0.3 is 5.32 Å². The molecule has 2 rings (SSSR count). The monoisotopic (exact) mass is 345 g/mol. The maximum Gasteiger partial charge on any atom is 0.339 e. The summed E-state index contributed by atoms with van der Waals surface area (Å²) in [6.45, 7) is 3.83. The smallest absolute Gasteiger partial charge is 0.307 e. The molecule has 0 atom stereocenters. The number of hydrogen-bond donors (Lipinski definition) is 2. The number of benzene rings is 2. The first kappa shape index (κ1) is 15.3. The Morgan fingerprint density at radius 2 is 1.76 bits per heavy atom. The van der Waals surface area contributed by atoms with Gasteiger partial charge in [0.25, 0.3) is 0 Å². The molecule has 2 N–H and O–H groups in total. The summed E-state index contributed by atoms with van der Waals surface area (Å²) in [6.07, 6.45) is 0. The van der Waals surface area contributed by atoms with Gasteiger partial charge in [-0.2, -0.15) is 5.10 Å². The molecule has 21 heavy (non-hydrogen) atoms. The van der Waals surface area contributed by atoms with E-state index in [1.807, 2.05) is 62.4 Å². The maximum atomic E-state index is 11.8. The van der Waals surface area contributed by atoms with Crippen LogP contribution in [0.3, 0.4) is 0 Å². The Morgan fingerprint density at radius 1 is 1.10 bits per heavy atom. The van der Waals surface area contributed by atoms with E-state index in [2.05, 4.69) is 31.8 Å². The Morgan fingerprint density at radius 3 is 2.43 bits per heavy atom. The normalized spacial score (nSPS) is 11.1. The largest absolute Gasteiger partial charge is 0.339 e. The number of nitrogens with one attached hydrogen (secondary N) is 2. The number of amides is 2. The van der Waals surface area contributed by atoms with Gasteiger partial charge in [0.15, 0.2) is 0 Å². The highest BCUT2D eigenvalue weighted by Gasteiger charge is 2.04. The van der Waals surface area contributed by atoms with Crippen LogP contribution in [0.1, 0.15) is 18.1 Å². The zero-order chi connectivity index (χ0) is 15.2. The Hall–Kier alpha value is -2.14. The molecule has 0 saturated carbocycles. The summed E-state index contributed by atoms with van der Waals surface area (Å²) in [4.78, 5) is 11.8. The molecule has 4 nitrogen and oxygen atoms in total. The third-order valence-corrected chi connectivity index (χ3v) is 3.59. The Kier molecular flexibility index (Phi) is 5.11. The van der Waals surface area contributed by atoms with Crippen molar-refractivity contribution in [1.82, 2.24) is 5.43 Å². The molecule has 0 bridgehead atoms. The SMILES string of the molecule is C/C(=N\NC(=O)Nc1ccc(C)cc1)c1ccccc1Br. The van der Waals surface area contributed by atoms with Gasteiger partial charge in [-0.25, -0.2) is 10.2 Å². The van der Waals surface area contributed by atoms with Gasteiger partial charge in [-0.3, -0.25) is 0 Å². The third kappa shape index (κ3) is 4.43. The first-order valence-electron chi connectivity index (χ1n) is 6.49. The first-order valence-corrected chi connectivity index (χ1v) is 7.28. The summed E-state index contributed by atoms with van der Waals surface area (Å²) in [5.41, 5.74) is 6.02. The molecule has 0 aliphatic carbocycles. The third-order valence-electron chi connectivity index (χ3n) is 2.90. The van der Waals surface area contributed by atoms with Crippen LogP contribution < -0.4 is 10.7 Å². The van der Waals surface area contributed by atoms with Crippen molar-refractivity contribution in [1.29, 1.82) is 0 Å². The minimum Gasteiger partial charge on any atom is -0.307 e. The summed E-state index contributed by atoms with van der Waals surface area (Å²) in [5, 5.41) is 6.82. The number of carbonyl (C=O) groups is 1. The molecule has 0 fully saturated rings. The second kappa shape index (κ2) is 7.04.